The summed E-state index contributed by atoms with van der Waals surface area (Å²) >= 11 is 0. The van der Waals surface area contributed by atoms with Gasteiger partial charge in [-0.2, -0.15) is 15.2 Å². The van der Waals surface area contributed by atoms with Gasteiger partial charge in [-0.25, -0.2) is 4.39 Å². The molecule has 0 spiro atoms. The number of amides is 6. The number of hydroxylamine groups is 6. The van der Waals surface area contributed by atoms with E-state index in [2.05, 4.69) is 126 Å². The third-order valence-electron chi connectivity index (χ3n) is 35.7. The van der Waals surface area contributed by atoms with Crippen LogP contribution in [0.4, 0.5) is 4.39 Å². The Kier molecular flexibility index (Phi) is 37.4. The van der Waals surface area contributed by atoms with E-state index in [1.54, 1.807) is 49.3 Å². The highest BCUT2D eigenvalue weighted by Gasteiger charge is 2.62. The standard InChI is InChI=1S/C43H55N3O6.C38H54N4O7.C36H51FN4O6.2CH4/c1-25(2)37-36(24-47)52-46(38(37)42(49)45-35-22-31-21-34(26(35)3)43(31,4)5)23-29-13-10-14-32(39(29)50-6)30-19-28-16-18-51-40(28)33(20-30)41(48)44-17-15-27-11-8-7-9-12-27;1-21-29-17-26(38(29,3)4)18-30(21)40-37(46)33-32(22(2)44)31(20-43)49-42(33)19-24-9-8-10-27(34(24)47-7)25-15-23-11-14-48-35(23)28(16-25)36(45)39-12-13-41(5)6;1-20-27-16-24(36(27,3)4)17-29(20)39-35(45)32-31(21(2)43)30(19-42)47-41(32)18-23-9-8-10-25(33(23)46-7)22-11-12-28(37)26(15-22)34(44)38-13-14-40(5)6;;/h7-14,19-20,25-26,31,34-38,47H,15-18,21-24H2,1-6H3,(H,44,48)(H,45,49);8-10,15-16,21-22,26,29-33,43-44H,11-14,17-20H2,1-7H3,(H,39,45)(H,40,46);8-12,15,20-21,24,27,29-32,42-43H,13-14,16-19H2,1-7H3,(H,38,44)(H,39,45);2*1H4/t26-,31+,34-,35-,36-,37?,38-;21-,22-,26+,29-,30-,31-,32+,33-;20-,21-,24+,27-,29-,30-,31+,32-;;/m000../s1. The van der Waals surface area contributed by atoms with Gasteiger partial charge in [-0.1, -0.05) is 182 Å². The van der Waals surface area contributed by atoms with E-state index in [0.29, 0.717) is 174 Å². The molecule has 7 aromatic carbocycles. The fraction of sp³-hybridized carbons (Fsp3) is 0.597. The summed E-state index contributed by atoms with van der Waals surface area (Å²) in [6.07, 6.45) is 4.80. The van der Waals surface area contributed by atoms with Crippen LogP contribution in [0.25, 0.3) is 33.4 Å². The van der Waals surface area contributed by atoms with E-state index >= 15 is 0 Å². The van der Waals surface area contributed by atoms with Crippen molar-refractivity contribution in [1.82, 2.24) is 56.9 Å². The molecule has 12 fully saturated rings. The molecule has 0 radical (unpaired) electrons. The lowest BCUT2D eigenvalue weighted by atomic mass is 9.45. The lowest BCUT2D eigenvalue weighted by Crippen LogP contribution is -2.62. The molecule has 150 heavy (non-hydrogen) atoms. The van der Waals surface area contributed by atoms with E-state index in [1.165, 1.54) is 38.5 Å². The number of nitrogens with zero attached hydrogens (tertiary/aromatic N) is 5. The molecule has 6 bridgehead atoms. The van der Waals surface area contributed by atoms with Gasteiger partial charge in [0.2, 0.25) is 17.7 Å². The molecule has 9 aliphatic carbocycles. The summed E-state index contributed by atoms with van der Waals surface area (Å²) in [5.74, 6) is 4.16. The maximum Gasteiger partial charge on any atom is 0.255 e. The number of hydrogen-bond acceptors (Lipinski definition) is 24. The number of halogens is 1. The van der Waals surface area contributed by atoms with Gasteiger partial charge in [0, 0.05) is 115 Å². The molecule has 11 N–H and O–H groups in total. The highest BCUT2D eigenvalue weighted by molar-refractivity contribution is 6.01. The Morgan fingerprint density at radius 2 is 0.780 bits per heavy atom. The Morgan fingerprint density at radius 1 is 0.440 bits per heavy atom. The first-order valence-corrected chi connectivity index (χ1v) is 53.6. The quantitative estimate of drug-likeness (QED) is 0.0174. The minimum absolute atomic E-state index is 0. The zero-order chi connectivity index (χ0) is 106. The van der Waals surface area contributed by atoms with Gasteiger partial charge in [-0.15, -0.1) is 0 Å². The number of likely N-dealkylation sites (N-methyl/N-ethyl adjacent to an activating group) is 2. The number of hydrogen-bond donors (Lipinski definition) is 11. The molecule has 14 aliphatic rings. The Labute approximate surface area is 887 Å². The number of carbonyl (C=O) groups excluding carboxylic acids is 6. The molecule has 1 unspecified atom stereocenters. The summed E-state index contributed by atoms with van der Waals surface area (Å²) in [6, 6.07) is 37.5. The molecule has 9 saturated carbocycles. The van der Waals surface area contributed by atoms with Gasteiger partial charge in [-0.3, -0.25) is 43.3 Å². The fourth-order valence-electron chi connectivity index (χ4n) is 26.9. The number of nitrogens with one attached hydrogen (secondary N) is 6. The largest absolute Gasteiger partial charge is 0.496 e. The van der Waals surface area contributed by atoms with E-state index in [9.17, 15) is 58.7 Å². The SMILES string of the molecule is C.C.COc1c(CN2O[C@@H](CO)C(C(C)C)[C@H]2C(=O)N[C@H]2C[C@H]3C[C@@H]([C@@H]2C)C3(C)C)cccc1-c1cc2c(c(C(=O)NCCc3ccccc3)c1)OCC2.COc1c(CN2O[C@@H](CO)[C@@H]([C@H](C)O)[C@H]2C(=O)N[C@H]2C[C@H]3C[C@@H]([C@@H]2C)C3(C)C)cccc1-c1cc2c(c(C(=O)NCCN(C)C)c1)OCC2.COc1c(CN2O[C@@H](CO)[C@@H]([C@H](C)O)[C@H]2C(=O)N[C@H]2C[C@H]3C[C@@H]([C@@H]2C)C3(C)C)cccc1-c1ccc(F)c(C(=O)NCCN(C)C)c1. The molecule has 7 aromatic rings. The van der Waals surface area contributed by atoms with Gasteiger partial charge in [0.05, 0.1) is 103 Å². The summed E-state index contributed by atoms with van der Waals surface area (Å²) in [7, 11) is 12.5. The minimum atomic E-state index is -0.918. The molecule has 23 atom stereocenters. The Hall–Kier alpha value is -10.2. The maximum absolute atomic E-state index is 14.8. The average molecular weight is 2080 g/mol. The monoisotopic (exact) mass is 2070 g/mol. The molecule has 3 saturated heterocycles. The topological polar surface area (TPSA) is 366 Å². The third-order valence-corrected chi connectivity index (χ3v) is 35.7. The van der Waals surface area contributed by atoms with E-state index in [4.69, 9.17) is 38.2 Å². The van der Waals surface area contributed by atoms with Gasteiger partial charge in [0.15, 0.2) is 0 Å². The van der Waals surface area contributed by atoms with Crippen LogP contribution in [0.15, 0.2) is 127 Å². The van der Waals surface area contributed by atoms with Crippen molar-refractivity contribution in [3.63, 3.8) is 0 Å². The first kappa shape index (κ1) is 115. The number of methoxy groups -OCH3 is 3. The fourth-order valence-corrected chi connectivity index (χ4v) is 26.9. The number of aliphatic hydroxyl groups is 5. The van der Waals surface area contributed by atoms with E-state index in [0.717, 1.165) is 75.8 Å². The van der Waals surface area contributed by atoms with Crippen molar-refractivity contribution >= 4 is 35.4 Å². The molecule has 0 aromatic heterocycles. The second kappa shape index (κ2) is 48.6. The number of para-hydroxylation sites is 3. The predicted molar refractivity (Wildman–Crippen MR) is 577 cm³/mol. The van der Waals surface area contributed by atoms with Crippen molar-refractivity contribution < 1.29 is 96.9 Å². The van der Waals surface area contributed by atoms with Gasteiger partial charge >= 0.3 is 0 Å². The summed E-state index contributed by atoms with van der Waals surface area (Å²) in [5.41, 5.74) is 11.7. The maximum atomic E-state index is 14.8. The number of carbonyl (C=O) groups is 6. The number of ether oxygens (including phenoxy) is 5. The number of fused-ring (bicyclic) bond motifs is 8. The average Bonchev–Trinajstić information content (AvgIpc) is 1.04. The Balaban J connectivity index is 0.000000176. The molecule has 5 heterocycles. The van der Waals surface area contributed by atoms with Crippen molar-refractivity contribution in [3.05, 3.63) is 183 Å². The zero-order valence-corrected chi connectivity index (χ0v) is 90.1. The summed E-state index contributed by atoms with van der Waals surface area (Å²) in [4.78, 5) is 105. The van der Waals surface area contributed by atoms with Crippen molar-refractivity contribution in [3.8, 4) is 62.1 Å². The lowest BCUT2D eigenvalue weighted by Gasteiger charge is -2.62. The van der Waals surface area contributed by atoms with Crippen LogP contribution < -0.4 is 55.6 Å². The highest BCUT2D eigenvalue weighted by Crippen LogP contribution is 2.64. The van der Waals surface area contributed by atoms with Crippen molar-refractivity contribution in [2.75, 3.05) is 115 Å². The zero-order valence-electron chi connectivity index (χ0n) is 90.1. The van der Waals surface area contributed by atoms with Crippen molar-refractivity contribution in [2.45, 2.75) is 249 Å². The summed E-state index contributed by atoms with van der Waals surface area (Å²) < 4.78 is 44.7. The predicted octanol–water partition coefficient (Wildman–Crippen LogP) is 14.2. The van der Waals surface area contributed by atoms with E-state index in [1.807, 2.05) is 129 Å². The van der Waals surface area contributed by atoms with Crippen LogP contribution in [0.3, 0.4) is 0 Å². The minimum Gasteiger partial charge on any atom is -0.496 e. The van der Waals surface area contributed by atoms with Crippen molar-refractivity contribution in [1.29, 1.82) is 0 Å². The van der Waals surface area contributed by atoms with Crippen LogP contribution in [0.2, 0.25) is 0 Å². The van der Waals surface area contributed by atoms with Crippen LogP contribution in [0.5, 0.6) is 28.7 Å². The Morgan fingerprint density at radius 3 is 1.11 bits per heavy atom. The molecule has 6 amide bonds. The van der Waals surface area contributed by atoms with Crippen molar-refractivity contribution in [2.24, 2.45) is 93.2 Å². The molecule has 21 rings (SSSR count). The molecule has 820 valence electrons. The van der Waals surface area contributed by atoms with E-state index < -0.39 is 72.2 Å². The lowest BCUT2D eigenvalue weighted by molar-refractivity contribution is -0.183. The van der Waals surface area contributed by atoms with Crippen LogP contribution in [0.1, 0.15) is 208 Å². The first-order chi connectivity index (χ1) is 70.6. The van der Waals surface area contributed by atoms with Gasteiger partial charge in [0.25, 0.3) is 17.7 Å². The molecular formula is C119H168FN11O19. The highest BCUT2D eigenvalue weighted by atomic mass is 19.1. The third kappa shape index (κ3) is 23.6. The molecule has 5 aliphatic heterocycles. The van der Waals surface area contributed by atoms with Crippen LogP contribution in [-0.2, 0) is 67.8 Å². The summed E-state index contributed by atoms with van der Waals surface area (Å²) in [5, 5.41) is 76.5. The number of aliphatic hydroxyl groups excluding tert-OH is 5. The Bertz CT molecular complexity index is 5880. The normalized spacial score (nSPS) is 28.1. The second-order valence-electron chi connectivity index (χ2n) is 46.2. The molecule has 30 nitrogen and oxygen atoms in total. The van der Waals surface area contributed by atoms with Crippen LogP contribution in [-0.4, -0.2) is 268 Å². The molecular weight excluding hydrogens is 1910 g/mol. The van der Waals surface area contributed by atoms with Gasteiger partial charge in [0.1, 0.15) is 71.0 Å². The first-order valence-electron chi connectivity index (χ1n) is 53.6. The number of benzene rings is 7. The van der Waals surface area contributed by atoms with E-state index in [-0.39, 0.29) is 130 Å². The van der Waals surface area contributed by atoms with Gasteiger partial charge in [-0.05, 0) is 232 Å². The smallest absolute Gasteiger partial charge is 0.255 e. The number of rotatable bonds is 36. The van der Waals surface area contributed by atoms with Gasteiger partial charge < -0.3 is 90.9 Å². The summed E-state index contributed by atoms with van der Waals surface area (Å²) in [6.45, 7) is 31.7. The van der Waals surface area contributed by atoms with Crippen LogP contribution >= 0.6 is 0 Å². The second-order valence-corrected chi connectivity index (χ2v) is 46.2. The van der Waals surface area contributed by atoms with Crippen LogP contribution in [0, 0.1) is 99.0 Å². The molecule has 31 heteroatoms.